The van der Waals surface area contributed by atoms with Gasteiger partial charge in [0.05, 0.1) is 19.3 Å². The van der Waals surface area contributed by atoms with E-state index in [2.05, 4.69) is 24.5 Å². The molecule has 1 amide bonds. The van der Waals surface area contributed by atoms with Crippen molar-refractivity contribution < 1.29 is 13.9 Å². The van der Waals surface area contributed by atoms with Crippen molar-refractivity contribution in [3.05, 3.63) is 24.2 Å². The number of methoxy groups -OCH3 is 1. The Morgan fingerprint density at radius 1 is 1.41 bits per heavy atom. The zero-order chi connectivity index (χ0) is 19.5. The predicted octanol–water partition coefficient (Wildman–Crippen LogP) is 2.04. The second-order valence-corrected chi connectivity index (χ2v) is 7.38. The largest absolute Gasteiger partial charge is 0.469 e. The standard InChI is InChI=1S/C20H34N4O3/c1-16(2)15-22-20(21-10-6-18-5-4-13-27-18)23-17-7-11-24(12-8-17)19(25)9-14-26-3/h4-5,13,16-17H,6-12,14-15H2,1-3H3,(H2,21,22,23). The van der Waals surface area contributed by atoms with Gasteiger partial charge in [-0.15, -0.1) is 0 Å². The lowest BCUT2D eigenvalue weighted by Gasteiger charge is -2.33. The lowest BCUT2D eigenvalue weighted by molar-refractivity contribution is -0.133. The van der Waals surface area contributed by atoms with E-state index < -0.39 is 0 Å². The molecule has 152 valence electrons. The van der Waals surface area contributed by atoms with Crippen LogP contribution in [-0.2, 0) is 16.0 Å². The minimum absolute atomic E-state index is 0.181. The summed E-state index contributed by atoms with van der Waals surface area (Å²) in [5.41, 5.74) is 0. The van der Waals surface area contributed by atoms with Gasteiger partial charge in [0.1, 0.15) is 5.76 Å². The Morgan fingerprint density at radius 2 is 2.19 bits per heavy atom. The summed E-state index contributed by atoms with van der Waals surface area (Å²) in [5, 5.41) is 6.94. The maximum atomic E-state index is 12.1. The zero-order valence-corrected chi connectivity index (χ0v) is 16.9. The highest BCUT2D eigenvalue weighted by Crippen LogP contribution is 2.11. The lowest BCUT2D eigenvalue weighted by atomic mass is 10.0. The van der Waals surface area contributed by atoms with Crippen LogP contribution in [0.1, 0.15) is 38.9 Å². The molecule has 0 aliphatic carbocycles. The fourth-order valence-electron chi connectivity index (χ4n) is 3.00. The van der Waals surface area contributed by atoms with E-state index in [0.29, 0.717) is 25.0 Å². The topological polar surface area (TPSA) is 79.1 Å². The van der Waals surface area contributed by atoms with E-state index in [1.54, 1.807) is 13.4 Å². The second-order valence-electron chi connectivity index (χ2n) is 7.38. The van der Waals surface area contributed by atoms with Crippen LogP contribution in [0.15, 0.2) is 27.8 Å². The van der Waals surface area contributed by atoms with E-state index in [4.69, 9.17) is 14.1 Å². The van der Waals surface area contributed by atoms with Gasteiger partial charge in [-0.2, -0.15) is 0 Å². The summed E-state index contributed by atoms with van der Waals surface area (Å²) in [4.78, 5) is 18.7. The van der Waals surface area contributed by atoms with Crippen molar-refractivity contribution >= 4 is 11.9 Å². The van der Waals surface area contributed by atoms with E-state index in [9.17, 15) is 4.79 Å². The van der Waals surface area contributed by atoms with Gasteiger partial charge in [0.15, 0.2) is 5.96 Å². The van der Waals surface area contributed by atoms with Gasteiger partial charge in [0.25, 0.3) is 0 Å². The van der Waals surface area contributed by atoms with Gasteiger partial charge in [0, 0.05) is 45.8 Å². The molecule has 0 spiro atoms. The first-order chi connectivity index (χ1) is 13.1. The number of carbonyl (C=O) groups excluding carboxylic acids is 1. The quantitative estimate of drug-likeness (QED) is 0.508. The van der Waals surface area contributed by atoms with Crippen molar-refractivity contribution in [2.24, 2.45) is 10.9 Å². The van der Waals surface area contributed by atoms with Crippen LogP contribution >= 0.6 is 0 Å². The van der Waals surface area contributed by atoms with E-state index in [0.717, 1.165) is 57.2 Å². The minimum Gasteiger partial charge on any atom is -0.469 e. The van der Waals surface area contributed by atoms with Gasteiger partial charge < -0.3 is 24.7 Å². The van der Waals surface area contributed by atoms with Crippen LogP contribution < -0.4 is 10.6 Å². The molecule has 0 bridgehead atoms. The number of guanidine groups is 1. The van der Waals surface area contributed by atoms with Crippen molar-refractivity contribution in [3.8, 4) is 0 Å². The van der Waals surface area contributed by atoms with Crippen molar-refractivity contribution in [1.29, 1.82) is 0 Å². The fourth-order valence-corrected chi connectivity index (χ4v) is 3.00. The summed E-state index contributed by atoms with van der Waals surface area (Å²) in [6.45, 7) is 7.93. The minimum atomic E-state index is 0.181. The molecule has 2 heterocycles. The number of likely N-dealkylation sites (tertiary alicyclic amines) is 1. The number of carbonyl (C=O) groups is 1. The Balaban J connectivity index is 1.78. The molecule has 0 aromatic carbocycles. The highest BCUT2D eigenvalue weighted by molar-refractivity contribution is 5.80. The number of piperidine rings is 1. The molecule has 1 fully saturated rings. The molecule has 1 aliphatic rings. The van der Waals surface area contributed by atoms with Crippen molar-refractivity contribution in [1.82, 2.24) is 15.5 Å². The van der Waals surface area contributed by atoms with E-state index >= 15 is 0 Å². The Bertz CT molecular complexity index is 564. The molecular formula is C20H34N4O3. The van der Waals surface area contributed by atoms with Crippen molar-refractivity contribution in [3.63, 3.8) is 0 Å². The molecule has 7 heteroatoms. The third-order valence-electron chi connectivity index (χ3n) is 4.57. The number of hydrogen-bond donors (Lipinski definition) is 2. The SMILES string of the molecule is COCCC(=O)N1CCC(NC(=NCC(C)C)NCCc2ccco2)CC1. The van der Waals surface area contributed by atoms with Gasteiger partial charge in [-0.3, -0.25) is 9.79 Å². The molecule has 1 aromatic heterocycles. The average Bonchev–Trinajstić information content (AvgIpc) is 3.18. The van der Waals surface area contributed by atoms with E-state index in [1.807, 2.05) is 17.0 Å². The number of nitrogens with zero attached hydrogens (tertiary/aromatic N) is 2. The van der Waals surface area contributed by atoms with Crippen LogP contribution in [0.4, 0.5) is 0 Å². The van der Waals surface area contributed by atoms with E-state index in [1.165, 1.54) is 0 Å². The Morgan fingerprint density at radius 3 is 2.81 bits per heavy atom. The average molecular weight is 379 g/mol. The summed E-state index contributed by atoms with van der Waals surface area (Å²) >= 11 is 0. The Hall–Kier alpha value is -2.02. The number of hydrogen-bond acceptors (Lipinski definition) is 4. The molecule has 1 aliphatic heterocycles. The monoisotopic (exact) mass is 378 g/mol. The number of amides is 1. The smallest absolute Gasteiger partial charge is 0.224 e. The fraction of sp³-hybridized carbons (Fsp3) is 0.700. The third-order valence-corrected chi connectivity index (χ3v) is 4.57. The van der Waals surface area contributed by atoms with Crippen molar-refractivity contribution in [2.45, 2.75) is 45.6 Å². The summed E-state index contributed by atoms with van der Waals surface area (Å²) in [6.07, 6.45) is 4.84. The van der Waals surface area contributed by atoms with Gasteiger partial charge >= 0.3 is 0 Å². The van der Waals surface area contributed by atoms with E-state index in [-0.39, 0.29) is 5.91 Å². The molecular weight excluding hydrogens is 344 g/mol. The third kappa shape index (κ3) is 8.03. The van der Waals surface area contributed by atoms with Crippen LogP contribution in [0.3, 0.4) is 0 Å². The first-order valence-electron chi connectivity index (χ1n) is 9.92. The Kier molecular flexibility index (Phi) is 9.18. The number of aliphatic imine (C=N–C) groups is 1. The zero-order valence-electron chi connectivity index (χ0n) is 16.9. The molecule has 0 atom stereocenters. The predicted molar refractivity (Wildman–Crippen MR) is 107 cm³/mol. The molecule has 2 rings (SSSR count). The Labute approximate surface area is 162 Å². The van der Waals surface area contributed by atoms with Crippen molar-refractivity contribution in [2.75, 3.05) is 39.9 Å². The highest BCUT2D eigenvalue weighted by Gasteiger charge is 2.23. The summed E-state index contributed by atoms with van der Waals surface area (Å²) in [5.74, 6) is 2.50. The summed E-state index contributed by atoms with van der Waals surface area (Å²) < 4.78 is 10.4. The normalized spacial score (nSPS) is 16.0. The van der Waals surface area contributed by atoms with Crippen LogP contribution in [0.25, 0.3) is 0 Å². The van der Waals surface area contributed by atoms with Crippen LogP contribution in [0.5, 0.6) is 0 Å². The molecule has 7 nitrogen and oxygen atoms in total. The summed E-state index contributed by atoms with van der Waals surface area (Å²) in [7, 11) is 1.63. The van der Waals surface area contributed by atoms with Gasteiger partial charge in [0.2, 0.25) is 5.91 Å². The highest BCUT2D eigenvalue weighted by atomic mass is 16.5. The lowest BCUT2D eigenvalue weighted by Crippen LogP contribution is -2.50. The van der Waals surface area contributed by atoms with Gasteiger partial charge in [-0.1, -0.05) is 13.8 Å². The number of nitrogens with one attached hydrogen (secondary N) is 2. The maximum Gasteiger partial charge on any atom is 0.224 e. The second kappa shape index (κ2) is 11.6. The molecule has 0 unspecified atom stereocenters. The number of furan rings is 1. The van der Waals surface area contributed by atoms with Crippen LogP contribution in [0.2, 0.25) is 0 Å². The van der Waals surface area contributed by atoms with Gasteiger partial charge in [-0.25, -0.2) is 0 Å². The first-order valence-corrected chi connectivity index (χ1v) is 9.92. The van der Waals surface area contributed by atoms with Crippen LogP contribution in [0, 0.1) is 5.92 Å². The first kappa shape index (κ1) is 21.3. The molecule has 1 aromatic rings. The molecule has 27 heavy (non-hydrogen) atoms. The van der Waals surface area contributed by atoms with Gasteiger partial charge in [-0.05, 0) is 30.9 Å². The molecule has 2 N–H and O–H groups in total. The molecule has 0 radical (unpaired) electrons. The summed E-state index contributed by atoms with van der Waals surface area (Å²) in [6, 6.07) is 4.22. The molecule has 0 saturated carbocycles. The van der Waals surface area contributed by atoms with Crippen LogP contribution in [-0.4, -0.2) is 62.7 Å². The maximum absolute atomic E-state index is 12.1. The number of ether oxygens (including phenoxy) is 1. The number of rotatable bonds is 9. The molecule has 1 saturated heterocycles.